The Morgan fingerprint density at radius 2 is 2.31 bits per heavy atom. The van der Waals surface area contributed by atoms with E-state index in [-0.39, 0.29) is 0 Å². The molecule has 0 amide bonds. The van der Waals surface area contributed by atoms with Gasteiger partial charge in [-0.2, -0.15) is 0 Å². The molecule has 4 rings (SSSR count). The van der Waals surface area contributed by atoms with Gasteiger partial charge in [0.05, 0.1) is 17.4 Å². The molecule has 3 heteroatoms. The van der Waals surface area contributed by atoms with Gasteiger partial charge in [-0.15, -0.1) is 0 Å². The molecule has 0 saturated carbocycles. The molecule has 2 aliphatic rings. The predicted octanol–water partition coefficient (Wildman–Crippen LogP) is 2.01. The van der Waals surface area contributed by atoms with Crippen LogP contribution in [0, 0.1) is 0 Å². The summed E-state index contributed by atoms with van der Waals surface area (Å²) in [7, 11) is 0. The second kappa shape index (κ2) is 3.08. The van der Waals surface area contributed by atoms with Gasteiger partial charge >= 0.3 is 0 Å². The van der Waals surface area contributed by atoms with Gasteiger partial charge in [-0.3, -0.25) is 4.90 Å². The lowest BCUT2D eigenvalue weighted by molar-refractivity contribution is 0.233. The van der Waals surface area contributed by atoms with Crippen LogP contribution in [0.2, 0.25) is 0 Å². The van der Waals surface area contributed by atoms with Crippen molar-refractivity contribution < 1.29 is 0 Å². The fourth-order valence-corrected chi connectivity index (χ4v) is 3.23. The van der Waals surface area contributed by atoms with Crippen LogP contribution in [0.25, 0.3) is 11.0 Å². The van der Waals surface area contributed by atoms with Crippen molar-refractivity contribution in [3.05, 3.63) is 30.1 Å². The molecule has 1 saturated heterocycles. The van der Waals surface area contributed by atoms with Gasteiger partial charge in [0, 0.05) is 19.1 Å². The highest BCUT2D eigenvalue weighted by Gasteiger charge is 2.28. The summed E-state index contributed by atoms with van der Waals surface area (Å²) in [5.41, 5.74) is 3.95. The molecule has 0 radical (unpaired) electrons. The van der Waals surface area contributed by atoms with E-state index >= 15 is 0 Å². The normalized spacial score (nSPS) is 24.6. The van der Waals surface area contributed by atoms with Crippen molar-refractivity contribution in [2.75, 3.05) is 6.54 Å². The second-order valence-electron chi connectivity index (χ2n) is 4.95. The first-order valence-corrected chi connectivity index (χ1v) is 6.08. The fraction of sp³-hybridized carbons (Fsp3) is 0.462. The number of rotatable bonds is 0. The van der Waals surface area contributed by atoms with Gasteiger partial charge in [0.2, 0.25) is 0 Å². The Bertz CT molecular complexity index is 543. The molecule has 2 aliphatic heterocycles. The van der Waals surface area contributed by atoms with E-state index in [2.05, 4.69) is 32.7 Å². The summed E-state index contributed by atoms with van der Waals surface area (Å²) in [4.78, 5) is 7.12. The van der Waals surface area contributed by atoms with Crippen molar-refractivity contribution in [2.45, 2.75) is 32.0 Å². The maximum atomic E-state index is 4.49. The van der Waals surface area contributed by atoms with E-state index in [1.54, 1.807) is 0 Å². The highest BCUT2D eigenvalue weighted by molar-refractivity contribution is 5.79. The first-order valence-electron chi connectivity index (χ1n) is 6.08. The summed E-state index contributed by atoms with van der Waals surface area (Å²) in [6.07, 6.45) is 4.70. The number of aromatic nitrogens is 2. The van der Waals surface area contributed by atoms with Crippen LogP contribution in [0.4, 0.5) is 0 Å². The van der Waals surface area contributed by atoms with E-state index in [1.165, 1.54) is 30.5 Å². The third kappa shape index (κ3) is 1.09. The number of imidazole rings is 1. The molecule has 2 aromatic rings. The number of fused-ring (bicyclic) bond motifs is 1. The molecule has 3 heterocycles. The standard InChI is InChI=1S/C13H15N3/c1-3-10-7-15-6-2-4-11(15)8-16-9-14-12(5-1)13(10)16/h1,3,5,9,11H,2,4,6-8H2. The maximum absolute atomic E-state index is 4.49. The Morgan fingerprint density at radius 1 is 1.31 bits per heavy atom. The smallest absolute Gasteiger partial charge is 0.0958 e. The molecule has 3 nitrogen and oxygen atoms in total. The molecule has 0 spiro atoms. The van der Waals surface area contributed by atoms with Crippen molar-refractivity contribution in [1.82, 2.24) is 14.5 Å². The SMILES string of the molecule is c1cc2c3c(c1)ncn3CC1CCCN1C2. The Hall–Kier alpha value is -1.35. The third-order valence-corrected chi connectivity index (χ3v) is 4.00. The molecular weight excluding hydrogens is 198 g/mol. The van der Waals surface area contributed by atoms with Crippen LogP contribution in [0.5, 0.6) is 0 Å². The van der Waals surface area contributed by atoms with Gasteiger partial charge in [-0.25, -0.2) is 4.98 Å². The Balaban J connectivity index is 1.94. The largest absolute Gasteiger partial charge is 0.329 e. The van der Waals surface area contributed by atoms with E-state index in [1.807, 2.05) is 6.33 Å². The molecule has 82 valence electrons. The summed E-state index contributed by atoms with van der Waals surface area (Å²) in [5.74, 6) is 0. The number of hydrogen-bond donors (Lipinski definition) is 0. The molecule has 0 N–H and O–H groups in total. The highest BCUT2D eigenvalue weighted by atomic mass is 15.2. The lowest BCUT2D eigenvalue weighted by Gasteiger charge is -2.21. The minimum absolute atomic E-state index is 0.727. The summed E-state index contributed by atoms with van der Waals surface area (Å²) in [6, 6.07) is 7.23. The van der Waals surface area contributed by atoms with E-state index in [9.17, 15) is 0 Å². The van der Waals surface area contributed by atoms with Crippen LogP contribution in [0.15, 0.2) is 24.5 Å². The maximum Gasteiger partial charge on any atom is 0.0958 e. The van der Waals surface area contributed by atoms with Crippen molar-refractivity contribution >= 4 is 11.0 Å². The second-order valence-corrected chi connectivity index (χ2v) is 4.95. The quantitative estimate of drug-likeness (QED) is 0.667. The molecule has 1 unspecified atom stereocenters. The summed E-state index contributed by atoms with van der Waals surface area (Å²) in [6.45, 7) is 3.49. The van der Waals surface area contributed by atoms with E-state index in [4.69, 9.17) is 0 Å². The van der Waals surface area contributed by atoms with Crippen molar-refractivity contribution in [2.24, 2.45) is 0 Å². The van der Waals surface area contributed by atoms with Crippen LogP contribution in [0.3, 0.4) is 0 Å². The lowest BCUT2D eigenvalue weighted by atomic mass is 10.2. The minimum Gasteiger partial charge on any atom is -0.329 e. The minimum atomic E-state index is 0.727. The first kappa shape index (κ1) is 8.76. The van der Waals surface area contributed by atoms with Crippen LogP contribution in [-0.2, 0) is 13.1 Å². The average Bonchev–Trinajstić information content (AvgIpc) is 2.85. The lowest BCUT2D eigenvalue weighted by Crippen LogP contribution is -2.30. The Morgan fingerprint density at radius 3 is 3.31 bits per heavy atom. The van der Waals surface area contributed by atoms with Gasteiger partial charge in [0.25, 0.3) is 0 Å². The van der Waals surface area contributed by atoms with Crippen LogP contribution in [-0.4, -0.2) is 27.0 Å². The topological polar surface area (TPSA) is 21.1 Å². The summed E-state index contributed by atoms with van der Waals surface area (Å²) in [5, 5.41) is 0. The van der Waals surface area contributed by atoms with Crippen LogP contribution >= 0.6 is 0 Å². The zero-order valence-electron chi connectivity index (χ0n) is 9.26. The Kier molecular flexibility index (Phi) is 1.68. The summed E-state index contributed by atoms with van der Waals surface area (Å²) >= 11 is 0. The molecule has 1 fully saturated rings. The molecule has 1 aromatic heterocycles. The molecule has 0 aliphatic carbocycles. The van der Waals surface area contributed by atoms with Gasteiger partial charge in [0.1, 0.15) is 0 Å². The van der Waals surface area contributed by atoms with Gasteiger partial charge in [-0.1, -0.05) is 12.1 Å². The monoisotopic (exact) mass is 213 g/mol. The molecular formula is C13H15N3. The highest BCUT2D eigenvalue weighted by Crippen LogP contribution is 2.29. The van der Waals surface area contributed by atoms with Gasteiger partial charge in [0.15, 0.2) is 0 Å². The zero-order valence-corrected chi connectivity index (χ0v) is 9.26. The predicted molar refractivity (Wildman–Crippen MR) is 63.2 cm³/mol. The van der Waals surface area contributed by atoms with E-state index in [0.29, 0.717) is 0 Å². The van der Waals surface area contributed by atoms with Gasteiger partial charge in [-0.05, 0) is 31.0 Å². The molecule has 1 aromatic carbocycles. The summed E-state index contributed by atoms with van der Waals surface area (Å²) < 4.78 is 2.35. The zero-order chi connectivity index (χ0) is 10.5. The molecule has 0 bridgehead atoms. The van der Waals surface area contributed by atoms with Crippen LogP contribution in [0.1, 0.15) is 18.4 Å². The fourth-order valence-electron chi connectivity index (χ4n) is 3.23. The number of para-hydroxylation sites is 1. The number of benzene rings is 1. The first-order chi connectivity index (χ1) is 7.92. The van der Waals surface area contributed by atoms with Crippen molar-refractivity contribution in [1.29, 1.82) is 0 Å². The molecule has 1 atom stereocenters. The van der Waals surface area contributed by atoms with Crippen molar-refractivity contribution in [3.63, 3.8) is 0 Å². The molecule has 16 heavy (non-hydrogen) atoms. The van der Waals surface area contributed by atoms with E-state index < -0.39 is 0 Å². The number of nitrogens with zero attached hydrogens (tertiary/aromatic N) is 3. The average molecular weight is 213 g/mol. The van der Waals surface area contributed by atoms with Crippen molar-refractivity contribution in [3.8, 4) is 0 Å². The van der Waals surface area contributed by atoms with Gasteiger partial charge < -0.3 is 4.57 Å². The van der Waals surface area contributed by atoms with Crippen LogP contribution < -0.4 is 0 Å². The van der Waals surface area contributed by atoms with E-state index in [0.717, 1.165) is 24.6 Å². The number of hydrogen-bond acceptors (Lipinski definition) is 2. The third-order valence-electron chi connectivity index (χ3n) is 4.00. The Labute approximate surface area is 94.7 Å².